The lowest BCUT2D eigenvalue weighted by molar-refractivity contribution is -0.119. The summed E-state index contributed by atoms with van der Waals surface area (Å²) in [5, 5.41) is 0. The van der Waals surface area contributed by atoms with E-state index in [9.17, 15) is 9.59 Å². The topological polar surface area (TPSA) is 72.6 Å². The number of ether oxygens (including phenoxy) is 1. The van der Waals surface area contributed by atoms with E-state index in [0.717, 1.165) is 25.7 Å². The molecule has 1 aromatic rings. The summed E-state index contributed by atoms with van der Waals surface area (Å²) in [7, 11) is 0. The fourth-order valence-electron chi connectivity index (χ4n) is 2.37. The van der Waals surface area contributed by atoms with Crippen molar-refractivity contribution in [2.45, 2.75) is 31.7 Å². The van der Waals surface area contributed by atoms with Crippen molar-refractivity contribution < 1.29 is 14.3 Å². The lowest BCUT2D eigenvalue weighted by atomic mass is 10.2. The van der Waals surface area contributed by atoms with Crippen molar-refractivity contribution in [2.75, 3.05) is 6.54 Å². The van der Waals surface area contributed by atoms with Gasteiger partial charge in [0.25, 0.3) is 0 Å². The maximum atomic E-state index is 12.1. The summed E-state index contributed by atoms with van der Waals surface area (Å²) >= 11 is 0. The molecule has 0 aliphatic heterocycles. The van der Waals surface area contributed by atoms with E-state index in [4.69, 9.17) is 10.5 Å². The van der Waals surface area contributed by atoms with Crippen molar-refractivity contribution in [2.24, 2.45) is 5.73 Å². The molecule has 0 radical (unpaired) electrons. The van der Waals surface area contributed by atoms with Crippen LogP contribution in [0, 0.1) is 0 Å². The van der Waals surface area contributed by atoms with Crippen molar-refractivity contribution in [3.8, 4) is 5.75 Å². The third-order valence-electron chi connectivity index (χ3n) is 3.27. The number of carbonyl (C=O) groups excluding carboxylic acids is 2. The number of benzene rings is 1. The van der Waals surface area contributed by atoms with Crippen LogP contribution in [0.3, 0.4) is 0 Å². The van der Waals surface area contributed by atoms with Crippen LogP contribution in [0.2, 0.25) is 0 Å². The molecule has 0 spiro atoms. The molecule has 5 heteroatoms. The van der Waals surface area contributed by atoms with E-state index in [0.29, 0.717) is 5.75 Å². The normalized spacial score (nSPS) is 15.2. The Hall–Kier alpha value is -2.04. The number of para-hydroxylation sites is 1. The summed E-state index contributed by atoms with van der Waals surface area (Å²) in [6.45, 7) is -0.0870. The molecule has 1 fully saturated rings. The van der Waals surface area contributed by atoms with Gasteiger partial charge in [-0.05, 0) is 25.0 Å². The van der Waals surface area contributed by atoms with E-state index < -0.39 is 12.0 Å². The third-order valence-corrected chi connectivity index (χ3v) is 3.27. The van der Waals surface area contributed by atoms with Crippen LogP contribution in [0.4, 0.5) is 4.79 Å². The molecule has 0 bridgehead atoms. The van der Waals surface area contributed by atoms with Crippen LogP contribution < -0.4 is 10.5 Å². The second-order valence-corrected chi connectivity index (χ2v) is 4.71. The van der Waals surface area contributed by atoms with Crippen LogP contribution in [0.15, 0.2) is 30.3 Å². The van der Waals surface area contributed by atoms with E-state index in [2.05, 4.69) is 0 Å². The number of rotatable bonds is 4. The van der Waals surface area contributed by atoms with E-state index in [-0.39, 0.29) is 12.6 Å². The van der Waals surface area contributed by atoms with Gasteiger partial charge in [0.15, 0.2) is 0 Å². The Kier molecular flexibility index (Phi) is 4.39. The number of nitrogens with zero attached hydrogens (tertiary/aromatic N) is 1. The van der Waals surface area contributed by atoms with Gasteiger partial charge in [0.05, 0.1) is 0 Å². The number of hydrogen-bond donors (Lipinski definition) is 1. The molecule has 1 saturated carbocycles. The summed E-state index contributed by atoms with van der Waals surface area (Å²) < 4.78 is 5.27. The molecule has 2 amide bonds. The lowest BCUT2D eigenvalue weighted by Crippen LogP contribution is -2.45. The van der Waals surface area contributed by atoms with Gasteiger partial charge in [0.1, 0.15) is 12.3 Å². The molecule has 2 N–H and O–H groups in total. The Morgan fingerprint density at radius 2 is 1.84 bits per heavy atom. The van der Waals surface area contributed by atoms with Crippen LogP contribution in [-0.4, -0.2) is 29.5 Å². The zero-order chi connectivity index (χ0) is 13.7. The number of carbonyl (C=O) groups is 2. The summed E-state index contributed by atoms with van der Waals surface area (Å²) in [5.41, 5.74) is 5.20. The van der Waals surface area contributed by atoms with Gasteiger partial charge < -0.3 is 10.5 Å². The van der Waals surface area contributed by atoms with Crippen molar-refractivity contribution in [3.05, 3.63) is 30.3 Å². The number of amides is 2. The smallest absolute Gasteiger partial charge is 0.410 e. The summed E-state index contributed by atoms with van der Waals surface area (Å²) in [6.07, 6.45) is 3.43. The first-order valence-electron chi connectivity index (χ1n) is 6.48. The number of hydrogen-bond acceptors (Lipinski definition) is 3. The van der Waals surface area contributed by atoms with Crippen molar-refractivity contribution in [1.82, 2.24) is 4.90 Å². The molecule has 0 heterocycles. The van der Waals surface area contributed by atoms with Gasteiger partial charge >= 0.3 is 6.09 Å². The molecule has 102 valence electrons. The third kappa shape index (κ3) is 3.71. The molecule has 0 atom stereocenters. The highest BCUT2D eigenvalue weighted by atomic mass is 16.6. The molecule has 0 saturated heterocycles. The average Bonchev–Trinajstić information content (AvgIpc) is 2.90. The summed E-state index contributed by atoms with van der Waals surface area (Å²) in [6, 6.07) is 8.89. The maximum Gasteiger partial charge on any atom is 0.415 e. The fourth-order valence-corrected chi connectivity index (χ4v) is 2.37. The molecule has 0 unspecified atom stereocenters. The van der Waals surface area contributed by atoms with E-state index in [1.165, 1.54) is 4.90 Å². The molecule has 1 aromatic carbocycles. The predicted octanol–water partition coefficient (Wildman–Crippen LogP) is 1.92. The standard InChI is InChI=1S/C14H18N2O3/c15-13(17)10-16(11-6-4-5-7-11)14(18)19-12-8-2-1-3-9-12/h1-3,8-9,11H,4-7,10H2,(H2,15,17). The second-order valence-electron chi connectivity index (χ2n) is 4.71. The van der Waals surface area contributed by atoms with Crippen LogP contribution in [-0.2, 0) is 4.79 Å². The minimum Gasteiger partial charge on any atom is -0.410 e. The molecule has 1 aliphatic carbocycles. The fraction of sp³-hybridized carbons (Fsp3) is 0.429. The van der Waals surface area contributed by atoms with Crippen LogP contribution >= 0.6 is 0 Å². The Bertz CT molecular complexity index is 441. The SMILES string of the molecule is NC(=O)CN(C(=O)Oc1ccccc1)C1CCCC1. The first-order chi connectivity index (χ1) is 9.16. The molecule has 1 aliphatic rings. The maximum absolute atomic E-state index is 12.1. The minimum absolute atomic E-state index is 0.0590. The Labute approximate surface area is 112 Å². The first kappa shape index (κ1) is 13.4. The molecular formula is C14H18N2O3. The van der Waals surface area contributed by atoms with Crippen molar-refractivity contribution >= 4 is 12.0 Å². The zero-order valence-corrected chi connectivity index (χ0v) is 10.7. The van der Waals surface area contributed by atoms with Crippen LogP contribution in [0.1, 0.15) is 25.7 Å². The predicted molar refractivity (Wildman–Crippen MR) is 70.6 cm³/mol. The largest absolute Gasteiger partial charge is 0.415 e. The van der Waals surface area contributed by atoms with Gasteiger partial charge in [-0.2, -0.15) is 0 Å². The highest BCUT2D eigenvalue weighted by Gasteiger charge is 2.29. The quantitative estimate of drug-likeness (QED) is 0.900. The van der Waals surface area contributed by atoms with Crippen molar-refractivity contribution in [1.29, 1.82) is 0 Å². The lowest BCUT2D eigenvalue weighted by Gasteiger charge is -2.26. The van der Waals surface area contributed by atoms with Crippen molar-refractivity contribution in [3.63, 3.8) is 0 Å². The van der Waals surface area contributed by atoms with Gasteiger partial charge in [-0.25, -0.2) is 4.79 Å². The minimum atomic E-state index is -0.517. The van der Waals surface area contributed by atoms with Crippen LogP contribution in [0.5, 0.6) is 5.75 Å². The van der Waals surface area contributed by atoms with Crippen LogP contribution in [0.25, 0.3) is 0 Å². The highest BCUT2D eigenvalue weighted by molar-refractivity contribution is 5.81. The van der Waals surface area contributed by atoms with E-state index in [1.54, 1.807) is 24.3 Å². The Morgan fingerprint density at radius 1 is 1.21 bits per heavy atom. The average molecular weight is 262 g/mol. The summed E-state index contributed by atoms with van der Waals surface area (Å²) in [4.78, 5) is 24.7. The van der Waals surface area contributed by atoms with Gasteiger partial charge in [-0.15, -0.1) is 0 Å². The van der Waals surface area contributed by atoms with Gasteiger partial charge in [0.2, 0.25) is 5.91 Å². The molecule has 0 aromatic heterocycles. The van der Waals surface area contributed by atoms with E-state index >= 15 is 0 Å². The summed E-state index contributed by atoms with van der Waals surface area (Å²) in [5.74, 6) is -0.0446. The molecular weight excluding hydrogens is 244 g/mol. The zero-order valence-electron chi connectivity index (χ0n) is 10.7. The highest BCUT2D eigenvalue weighted by Crippen LogP contribution is 2.24. The van der Waals surface area contributed by atoms with Gasteiger partial charge in [-0.1, -0.05) is 31.0 Å². The first-order valence-corrected chi connectivity index (χ1v) is 6.48. The second kappa shape index (κ2) is 6.22. The molecule has 5 nitrogen and oxygen atoms in total. The van der Waals surface area contributed by atoms with Gasteiger partial charge in [-0.3, -0.25) is 9.69 Å². The number of primary amides is 1. The molecule has 2 rings (SSSR count). The number of nitrogens with two attached hydrogens (primary N) is 1. The monoisotopic (exact) mass is 262 g/mol. The van der Waals surface area contributed by atoms with Gasteiger partial charge in [0, 0.05) is 6.04 Å². The Balaban J connectivity index is 2.04. The Morgan fingerprint density at radius 3 is 2.42 bits per heavy atom. The van der Waals surface area contributed by atoms with E-state index in [1.807, 2.05) is 6.07 Å². The molecule has 19 heavy (non-hydrogen) atoms.